The van der Waals surface area contributed by atoms with Crippen molar-refractivity contribution in [3.8, 4) is 0 Å². The molecule has 0 saturated carbocycles. The van der Waals surface area contributed by atoms with Crippen LogP contribution in [0.1, 0.15) is 33.7 Å². The summed E-state index contributed by atoms with van der Waals surface area (Å²) in [6.07, 6.45) is 0. The van der Waals surface area contributed by atoms with E-state index in [2.05, 4.69) is 37.2 Å². The summed E-state index contributed by atoms with van der Waals surface area (Å²) in [5.41, 5.74) is 1.67. The molecule has 2 rings (SSSR count). The van der Waals surface area contributed by atoms with Crippen molar-refractivity contribution in [1.29, 1.82) is 0 Å². The second-order valence-corrected chi connectivity index (χ2v) is 7.45. The highest BCUT2D eigenvalue weighted by Crippen LogP contribution is 2.38. The summed E-state index contributed by atoms with van der Waals surface area (Å²) >= 11 is 7.57. The van der Waals surface area contributed by atoms with E-state index in [0.29, 0.717) is 10.2 Å². The molecule has 1 aromatic heterocycles. The zero-order chi connectivity index (χ0) is 15.8. The van der Waals surface area contributed by atoms with Gasteiger partial charge in [-0.05, 0) is 24.5 Å². The number of carboxylic acid groups (broad SMARTS) is 1. The first-order valence-electron chi connectivity index (χ1n) is 6.73. The molecule has 0 aliphatic carbocycles. The Hall–Kier alpha value is -1.20. The van der Waals surface area contributed by atoms with Crippen LogP contribution < -0.4 is 0 Å². The minimum Gasteiger partial charge on any atom is -0.481 e. The third-order valence-electron chi connectivity index (χ3n) is 3.59. The second kappa shape index (κ2) is 5.89. The van der Waals surface area contributed by atoms with Crippen LogP contribution in [0.5, 0.6) is 0 Å². The molecule has 0 amide bonds. The van der Waals surface area contributed by atoms with E-state index in [-0.39, 0.29) is 17.2 Å². The highest BCUT2D eigenvalue weighted by molar-refractivity contribution is 7.99. The second-order valence-electron chi connectivity index (χ2n) is 6.10. The van der Waals surface area contributed by atoms with Gasteiger partial charge in [0.25, 0.3) is 0 Å². The van der Waals surface area contributed by atoms with Crippen LogP contribution in [0.2, 0.25) is 5.02 Å². The quantitative estimate of drug-likeness (QED) is 0.842. The van der Waals surface area contributed by atoms with E-state index in [0.717, 1.165) is 11.0 Å². The number of rotatable bonds is 4. The molecule has 2 aromatic rings. The molecule has 4 nitrogen and oxygen atoms in total. The maximum Gasteiger partial charge on any atom is 0.313 e. The van der Waals surface area contributed by atoms with Crippen LogP contribution in [-0.4, -0.2) is 26.4 Å². The molecular formula is C15H19ClN2O2S. The predicted molar refractivity (Wildman–Crippen MR) is 87.3 cm³/mol. The van der Waals surface area contributed by atoms with Gasteiger partial charge in [-0.3, -0.25) is 4.79 Å². The molecule has 1 aromatic carbocycles. The first kappa shape index (κ1) is 16.2. The van der Waals surface area contributed by atoms with Gasteiger partial charge >= 0.3 is 5.97 Å². The lowest BCUT2D eigenvalue weighted by Gasteiger charge is -2.30. The molecule has 114 valence electrons. The number of thioether (sulfide) groups is 1. The zero-order valence-corrected chi connectivity index (χ0v) is 14.1. The maximum absolute atomic E-state index is 10.8. The average Bonchev–Trinajstić information content (AvgIpc) is 2.74. The Balaban J connectivity index is 2.61. The van der Waals surface area contributed by atoms with Gasteiger partial charge in [0, 0.05) is 6.04 Å². The van der Waals surface area contributed by atoms with Crippen LogP contribution in [0.15, 0.2) is 23.4 Å². The summed E-state index contributed by atoms with van der Waals surface area (Å²) in [6, 6.07) is 5.73. The van der Waals surface area contributed by atoms with Crippen LogP contribution in [-0.2, 0) is 4.79 Å². The number of para-hydroxylation sites is 1. The van der Waals surface area contributed by atoms with Gasteiger partial charge in [-0.1, -0.05) is 50.2 Å². The Bertz CT molecular complexity index is 676. The molecule has 0 aliphatic rings. The molecule has 0 fully saturated rings. The van der Waals surface area contributed by atoms with Gasteiger partial charge in [-0.15, -0.1) is 0 Å². The van der Waals surface area contributed by atoms with Gasteiger partial charge in [0.15, 0.2) is 5.16 Å². The van der Waals surface area contributed by atoms with Gasteiger partial charge in [0.2, 0.25) is 0 Å². The monoisotopic (exact) mass is 326 g/mol. The van der Waals surface area contributed by atoms with E-state index in [1.165, 1.54) is 11.8 Å². The topological polar surface area (TPSA) is 55.1 Å². The fraction of sp³-hybridized carbons (Fsp3) is 0.467. The lowest BCUT2D eigenvalue weighted by molar-refractivity contribution is -0.133. The van der Waals surface area contributed by atoms with Gasteiger partial charge < -0.3 is 9.67 Å². The molecule has 21 heavy (non-hydrogen) atoms. The number of aliphatic carboxylic acids is 1. The number of benzene rings is 1. The zero-order valence-electron chi connectivity index (χ0n) is 12.6. The largest absolute Gasteiger partial charge is 0.481 e. The van der Waals surface area contributed by atoms with Crippen molar-refractivity contribution >= 4 is 40.4 Å². The van der Waals surface area contributed by atoms with Crippen LogP contribution in [0.4, 0.5) is 0 Å². The first-order valence-corrected chi connectivity index (χ1v) is 8.09. The van der Waals surface area contributed by atoms with Crippen LogP contribution in [0, 0.1) is 5.41 Å². The molecule has 1 heterocycles. The normalized spacial score (nSPS) is 13.6. The standard InChI is InChI=1S/C15H19ClN2O2S/c1-9(15(2,3)4)18-13-10(16)6-5-7-11(13)17-14(18)21-8-12(19)20/h5-7,9H,8H2,1-4H3,(H,19,20). The molecule has 0 bridgehead atoms. The highest BCUT2D eigenvalue weighted by Gasteiger charge is 2.27. The molecule has 0 saturated heterocycles. The van der Waals surface area contributed by atoms with Crippen molar-refractivity contribution in [2.24, 2.45) is 5.41 Å². The molecule has 0 aliphatic heterocycles. The Kier molecular flexibility index (Phi) is 4.54. The Labute approximate surface area is 133 Å². The number of imidazole rings is 1. The van der Waals surface area contributed by atoms with Gasteiger partial charge in [0.1, 0.15) is 0 Å². The fourth-order valence-corrected chi connectivity index (χ4v) is 3.12. The minimum absolute atomic E-state index is 0.00529. The van der Waals surface area contributed by atoms with Crippen LogP contribution in [0.3, 0.4) is 0 Å². The first-order chi connectivity index (χ1) is 9.71. The summed E-state index contributed by atoms with van der Waals surface area (Å²) in [5.74, 6) is -0.870. The van der Waals surface area contributed by atoms with Gasteiger partial charge in [-0.25, -0.2) is 4.98 Å². The number of hydrogen-bond donors (Lipinski definition) is 1. The fourth-order valence-electron chi connectivity index (χ4n) is 2.06. The van der Waals surface area contributed by atoms with Gasteiger partial charge in [0.05, 0.1) is 21.8 Å². The summed E-state index contributed by atoms with van der Waals surface area (Å²) < 4.78 is 2.06. The smallest absolute Gasteiger partial charge is 0.313 e. The number of carboxylic acids is 1. The molecule has 1 atom stereocenters. The Morgan fingerprint density at radius 3 is 2.71 bits per heavy atom. The number of aromatic nitrogens is 2. The summed E-state index contributed by atoms with van der Waals surface area (Å²) in [6.45, 7) is 8.54. The minimum atomic E-state index is -0.854. The molecule has 0 radical (unpaired) electrons. The molecule has 1 N–H and O–H groups in total. The summed E-state index contributed by atoms with van der Waals surface area (Å²) in [5, 5.41) is 10.2. The van der Waals surface area contributed by atoms with Crippen molar-refractivity contribution < 1.29 is 9.90 Å². The van der Waals surface area contributed by atoms with Crippen LogP contribution in [0.25, 0.3) is 11.0 Å². The Morgan fingerprint density at radius 2 is 2.14 bits per heavy atom. The van der Waals surface area contributed by atoms with E-state index < -0.39 is 5.97 Å². The summed E-state index contributed by atoms with van der Waals surface area (Å²) in [7, 11) is 0. The Morgan fingerprint density at radius 1 is 1.48 bits per heavy atom. The van der Waals surface area contributed by atoms with Gasteiger partial charge in [-0.2, -0.15) is 0 Å². The van der Waals surface area contributed by atoms with Crippen molar-refractivity contribution in [2.45, 2.75) is 38.9 Å². The van der Waals surface area contributed by atoms with Crippen molar-refractivity contribution in [3.63, 3.8) is 0 Å². The van der Waals surface area contributed by atoms with E-state index in [1.54, 1.807) is 0 Å². The third kappa shape index (κ3) is 3.35. The predicted octanol–water partition coefficient (Wildman–Crippen LogP) is 4.47. The average molecular weight is 327 g/mol. The number of halogens is 1. The maximum atomic E-state index is 10.8. The van der Waals surface area contributed by atoms with Crippen molar-refractivity contribution in [2.75, 3.05) is 5.75 Å². The van der Waals surface area contributed by atoms with E-state index in [4.69, 9.17) is 16.7 Å². The third-order valence-corrected chi connectivity index (χ3v) is 4.84. The van der Waals surface area contributed by atoms with E-state index in [1.807, 2.05) is 18.2 Å². The number of carbonyl (C=O) groups is 1. The SMILES string of the molecule is CC(n1c(SCC(=O)O)nc2cccc(Cl)c21)C(C)(C)C. The van der Waals surface area contributed by atoms with Crippen molar-refractivity contribution in [3.05, 3.63) is 23.2 Å². The number of fused-ring (bicyclic) bond motifs is 1. The van der Waals surface area contributed by atoms with E-state index in [9.17, 15) is 4.79 Å². The summed E-state index contributed by atoms with van der Waals surface area (Å²) in [4.78, 5) is 15.4. The number of hydrogen-bond acceptors (Lipinski definition) is 3. The lowest BCUT2D eigenvalue weighted by atomic mass is 9.88. The van der Waals surface area contributed by atoms with Crippen LogP contribution >= 0.6 is 23.4 Å². The van der Waals surface area contributed by atoms with Crippen molar-refractivity contribution in [1.82, 2.24) is 9.55 Å². The molecule has 6 heteroatoms. The highest BCUT2D eigenvalue weighted by atomic mass is 35.5. The molecular weight excluding hydrogens is 308 g/mol. The molecule has 1 unspecified atom stereocenters. The molecule has 0 spiro atoms. The number of nitrogens with zero attached hydrogens (tertiary/aromatic N) is 2. The lowest BCUT2D eigenvalue weighted by Crippen LogP contribution is -2.22. The van der Waals surface area contributed by atoms with E-state index >= 15 is 0 Å².